The Balaban J connectivity index is 2.04. The van der Waals surface area contributed by atoms with Crippen molar-refractivity contribution in [2.24, 2.45) is 5.92 Å². The highest BCUT2D eigenvalue weighted by Gasteiger charge is 2.11. The van der Waals surface area contributed by atoms with E-state index in [-0.39, 0.29) is 0 Å². The molecule has 0 amide bonds. The lowest BCUT2D eigenvalue weighted by Crippen LogP contribution is -2.20. The highest BCUT2D eigenvalue weighted by atomic mass is 14.9. The highest BCUT2D eigenvalue weighted by Crippen LogP contribution is 2.12. The Morgan fingerprint density at radius 1 is 1.57 bits per heavy atom. The minimum absolute atomic E-state index is 0.657. The van der Waals surface area contributed by atoms with Crippen molar-refractivity contribution >= 4 is 0 Å². The molecule has 0 aliphatic carbocycles. The fraction of sp³-hybridized carbons (Fsp3) is 0.692. The molecule has 1 saturated heterocycles. The first-order valence-electron chi connectivity index (χ1n) is 5.84. The Morgan fingerprint density at radius 2 is 2.43 bits per heavy atom. The molecule has 14 heavy (non-hydrogen) atoms. The molecule has 1 unspecified atom stereocenters. The molecule has 0 spiro atoms. The van der Waals surface area contributed by atoms with Crippen LogP contribution in [0.15, 0.2) is 24.8 Å². The third kappa shape index (κ3) is 4.61. The van der Waals surface area contributed by atoms with E-state index in [1.54, 1.807) is 0 Å². The lowest BCUT2D eigenvalue weighted by Gasteiger charge is -2.07. The van der Waals surface area contributed by atoms with E-state index in [9.17, 15) is 0 Å². The van der Waals surface area contributed by atoms with Gasteiger partial charge in [-0.25, -0.2) is 0 Å². The fourth-order valence-electron chi connectivity index (χ4n) is 1.97. The largest absolute Gasteiger partial charge is 0.314 e. The van der Waals surface area contributed by atoms with Gasteiger partial charge in [-0.3, -0.25) is 0 Å². The van der Waals surface area contributed by atoms with E-state index in [0.717, 1.165) is 12.5 Å². The number of rotatable bonds is 6. The maximum atomic E-state index is 3.75. The number of allylic oxidation sites excluding steroid dienone is 3. The van der Waals surface area contributed by atoms with Crippen LogP contribution in [0.5, 0.6) is 0 Å². The van der Waals surface area contributed by atoms with E-state index in [1.807, 2.05) is 6.08 Å². The van der Waals surface area contributed by atoms with Gasteiger partial charge in [-0.1, -0.05) is 25.2 Å². The van der Waals surface area contributed by atoms with Crippen LogP contribution in [0.4, 0.5) is 0 Å². The summed E-state index contributed by atoms with van der Waals surface area (Å²) in [6, 6.07) is 0.786. The van der Waals surface area contributed by atoms with Crippen LogP contribution in [-0.4, -0.2) is 12.6 Å². The summed E-state index contributed by atoms with van der Waals surface area (Å²) in [6.45, 7) is 7.21. The summed E-state index contributed by atoms with van der Waals surface area (Å²) < 4.78 is 0. The second kappa shape index (κ2) is 6.83. The molecular weight excluding hydrogens is 170 g/mol. The zero-order valence-corrected chi connectivity index (χ0v) is 9.34. The maximum absolute atomic E-state index is 3.75. The summed E-state index contributed by atoms with van der Waals surface area (Å²) in [5.74, 6) is 0.657. The van der Waals surface area contributed by atoms with Crippen LogP contribution in [-0.2, 0) is 0 Å². The summed E-state index contributed by atoms with van der Waals surface area (Å²) in [5, 5.41) is 3.52. The normalized spacial score (nSPS) is 24.2. The zero-order valence-electron chi connectivity index (χ0n) is 9.34. The Kier molecular flexibility index (Phi) is 5.62. The summed E-state index contributed by atoms with van der Waals surface area (Å²) in [6.07, 6.45) is 13.0. The van der Waals surface area contributed by atoms with E-state index >= 15 is 0 Å². The van der Waals surface area contributed by atoms with Crippen molar-refractivity contribution in [1.29, 1.82) is 0 Å². The summed E-state index contributed by atoms with van der Waals surface area (Å²) in [5.41, 5.74) is 0. The van der Waals surface area contributed by atoms with Crippen LogP contribution in [0.3, 0.4) is 0 Å². The average Bonchev–Trinajstić information content (AvgIpc) is 2.65. The van der Waals surface area contributed by atoms with E-state index in [2.05, 4.69) is 31.0 Å². The summed E-state index contributed by atoms with van der Waals surface area (Å²) in [4.78, 5) is 0. The summed E-state index contributed by atoms with van der Waals surface area (Å²) in [7, 11) is 0. The molecule has 2 atom stereocenters. The molecule has 0 radical (unpaired) electrons. The van der Waals surface area contributed by atoms with Gasteiger partial charge in [0, 0.05) is 6.04 Å². The molecule has 0 bridgehead atoms. The van der Waals surface area contributed by atoms with Crippen molar-refractivity contribution in [3.8, 4) is 0 Å². The van der Waals surface area contributed by atoms with Crippen LogP contribution >= 0.6 is 0 Å². The molecule has 0 aromatic heterocycles. The van der Waals surface area contributed by atoms with Crippen molar-refractivity contribution < 1.29 is 0 Å². The molecule has 0 aromatic rings. The van der Waals surface area contributed by atoms with Gasteiger partial charge < -0.3 is 5.32 Å². The summed E-state index contributed by atoms with van der Waals surface area (Å²) >= 11 is 0. The molecule has 1 fully saturated rings. The fourth-order valence-corrected chi connectivity index (χ4v) is 1.97. The molecule has 1 aliphatic heterocycles. The predicted octanol–water partition coefficient (Wildman–Crippen LogP) is 3.29. The molecule has 1 N–H and O–H groups in total. The first-order valence-corrected chi connectivity index (χ1v) is 5.84. The molecule has 1 aliphatic rings. The van der Waals surface area contributed by atoms with Gasteiger partial charge in [0.25, 0.3) is 0 Å². The molecule has 1 heteroatoms. The second-order valence-electron chi connectivity index (χ2n) is 4.30. The van der Waals surface area contributed by atoms with Crippen LogP contribution in [0, 0.1) is 5.92 Å². The standard InChI is InChI=1S/C13H23N/c1-3-7-12(2)8-4-5-9-13-10-6-11-14-13/h3-4,8,12-14H,1,5-7,9-11H2,2H3/b8-4-/t12-,13?/m0/s1. The van der Waals surface area contributed by atoms with Gasteiger partial charge in [-0.15, -0.1) is 6.58 Å². The quantitative estimate of drug-likeness (QED) is 0.638. The van der Waals surface area contributed by atoms with Gasteiger partial charge in [0.15, 0.2) is 0 Å². The molecule has 1 heterocycles. The Hall–Kier alpha value is -0.560. The van der Waals surface area contributed by atoms with Gasteiger partial charge in [0.2, 0.25) is 0 Å². The molecule has 1 nitrogen and oxygen atoms in total. The van der Waals surface area contributed by atoms with E-state index in [1.165, 1.54) is 32.2 Å². The Labute approximate surface area is 88.3 Å². The minimum atomic E-state index is 0.657. The van der Waals surface area contributed by atoms with Crippen LogP contribution in [0.2, 0.25) is 0 Å². The number of hydrogen-bond donors (Lipinski definition) is 1. The molecule has 1 rings (SSSR count). The van der Waals surface area contributed by atoms with E-state index in [4.69, 9.17) is 0 Å². The predicted molar refractivity (Wildman–Crippen MR) is 63.4 cm³/mol. The SMILES string of the molecule is C=CC[C@H](C)/C=C\CCC1CCCN1. The van der Waals surface area contributed by atoms with Crippen molar-refractivity contribution in [2.45, 2.75) is 45.1 Å². The van der Waals surface area contributed by atoms with Crippen LogP contribution < -0.4 is 5.32 Å². The van der Waals surface area contributed by atoms with Gasteiger partial charge in [-0.05, 0) is 44.6 Å². The monoisotopic (exact) mass is 193 g/mol. The van der Waals surface area contributed by atoms with Gasteiger partial charge in [0.1, 0.15) is 0 Å². The highest BCUT2D eigenvalue weighted by molar-refractivity contribution is 4.90. The van der Waals surface area contributed by atoms with Gasteiger partial charge in [-0.2, -0.15) is 0 Å². The van der Waals surface area contributed by atoms with Gasteiger partial charge >= 0.3 is 0 Å². The first-order chi connectivity index (χ1) is 6.83. The van der Waals surface area contributed by atoms with E-state index < -0.39 is 0 Å². The van der Waals surface area contributed by atoms with Crippen molar-refractivity contribution in [1.82, 2.24) is 5.32 Å². The number of nitrogens with one attached hydrogen (secondary N) is 1. The van der Waals surface area contributed by atoms with Crippen molar-refractivity contribution in [3.63, 3.8) is 0 Å². The third-order valence-electron chi connectivity index (χ3n) is 2.85. The molecule has 0 saturated carbocycles. The minimum Gasteiger partial charge on any atom is -0.314 e. The number of hydrogen-bond acceptors (Lipinski definition) is 1. The first kappa shape index (κ1) is 11.5. The Morgan fingerprint density at radius 3 is 3.07 bits per heavy atom. The average molecular weight is 193 g/mol. The maximum Gasteiger partial charge on any atom is 0.00704 e. The lowest BCUT2D eigenvalue weighted by atomic mass is 10.1. The topological polar surface area (TPSA) is 12.0 Å². The van der Waals surface area contributed by atoms with Crippen LogP contribution in [0.1, 0.15) is 39.0 Å². The smallest absolute Gasteiger partial charge is 0.00704 e. The van der Waals surface area contributed by atoms with Gasteiger partial charge in [0.05, 0.1) is 0 Å². The third-order valence-corrected chi connectivity index (χ3v) is 2.85. The molecule has 80 valence electrons. The molecular formula is C13H23N. The lowest BCUT2D eigenvalue weighted by molar-refractivity contribution is 0.563. The zero-order chi connectivity index (χ0) is 10.2. The second-order valence-corrected chi connectivity index (χ2v) is 4.30. The Bertz CT molecular complexity index is 178. The molecule has 0 aromatic carbocycles. The van der Waals surface area contributed by atoms with E-state index in [0.29, 0.717) is 5.92 Å². The van der Waals surface area contributed by atoms with Crippen molar-refractivity contribution in [3.05, 3.63) is 24.8 Å². The van der Waals surface area contributed by atoms with Crippen LogP contribution in [0.25, 0.3) is 0 Å². The van der Waals surface area contributed by atoms with Crippen molar-refractivity contribution in [2.75, 3.05) is 6.54 Å².